The third kappa shape index (κ3) is 2.64. The molecular weight excluding hydrogens is 268 g/mol. The largest absolute Gasteiger partial charge is 0.465 e. The Morgan fingerprint density at radius 1 is 1.14 bits per heavy atom. The molecule has 1 amide bonds. The fourth-order valence-electron chi connectivity index (χ4n) is 2.09. The topological polar surface area (TPSA) is 88.0 Å². The standard InChI is InChI=1S/C15H12N4O2/c1-9-2-3-16-8-12(9)13-4-10-7-18-14(19-15(20)21)5-11(10)6-17-13/h2-8H,1H3,(H,18,19)(H,20,21). The van der Waals surface area contributed by atoms with Crippen LogP contribution in [-0.4, -0.2) is 26.2 Å². The van der Waals surface area contributed by atoms with Crippen molar-refractivity contribution in [3.8, 4) is 11.3 Å². The van der Waals surface area contributed by atoms with Crippen molar-refractivity contribution in [2.45, 2.75) is 6.92 Å². The van der Waals surface area contributed by atoms with Crippen molar-refractivity contribution in [3.05, 3.63) is 48.5 Å². The van der Waals surface area contributed by atoms with Gasteiger partial charge in [0.1, 0.15) is 5.82 Å². The summed E-state index contributed by atoms with van der Waals surface area (Å²) in [4.78, 5) is 23.2. The van der Waals surface area contributed by atoms with Crippen LogP contribution >= 0.6 is 0 Å². The second-order valence-electron chi connectivity index (χ2n) is 4.61. The first-order valence-corrected chi connectivity index (χ1v) is 6.30. The molecule has 0 aliphatic rings. The number of rotatable bonds is 2. The highest BCUT2D eigenvalue weighted by Gasteiger charge is 2.06. The minimum atomic E-state index is -1.14. The molecule has 2 N–H and O–H groups in total. The summed E-state index contributed by atoms with van der Waals surface area (Å²) in [5, 5.41) is 12.6. The minimum absolute atomic E-state index is 0.280. The Hall–Kier alpha value is -3.02. The average Bonchev–Trinajstić information content (AvgIpc) is 2.47. The van der Waals surface area contributed by atoms with Gasteiger partial charge in [-0.2, -0.15) is 0 Å². The van der Waals surface area contributed by atoms with Crippen LogP contribution in [-0.2, 0) is 0 Å². The second-order valence-corrected chi connectivity index (χ2v) is 4.61. The number of amides is 1. The number of carboxylic acid groups (broad SMARTS) is 1. The van der Waals surface area contributed by atoms with Gasteiger partial charge in [-0.05, 0) is 30.7 Å². The number of aryl methyl sites for hydroxylation is 1. The quantitative estimate of drug-likeness (QED) is 0.753. The van der Waals surface area contributed by atoms with E-state index in [4.69, 9.17) is 5.11 Å². The number of carbonyl (C=O) groups is 1. The molecule has 0 spiro atoms. The number of pyridine rings is 3. The Morgan fingerprint density at radius 3 is 2.67 bits per heavy atom. The van der Waals surface area contributed by atoms with Gasteiger partial charge in [-0.3, -0.25) is 15.3 Å². The molecule has 3 heterocycles. The molecule has 0 saturated heterocycles. The second kappa shape index (κ2) is 5.16. The number of hydrogen-bond donors (Lipinski definition) is 2. The summed E-state index contributed by atoms with van der Waals surface area (Å²) in [7, 11) is 0. The van der Waals surface area contributed by atoms with Gasteiger partial charge in [0.25, 0.3) is 0 Å². The van der Waals surface area contributed by atoms with Crippen molar-refractivity contribution in [1.29, 1.82) is 0 Å². The van der Waals surface area contributed by atoms with E-state index in [0.717, 1.165) is 27.6 Å². The van der Waals surface area contributed by atoms with Gasteiger partial charge >= 0.3 is 6.09 Å². The van der Waals surface area contributed by atoms with Gasteiger partial charge in [0.2, 0.25) is 0 Å². The SMILES string of the molecule is Cc1ccncc1-c1cc2cnc(NC(=O)O)cc2cn1. The fourth-order valence-corrected chi connectivity index (χ4v) is 2.09. The Balaban J connectivity index is 2.05. The first-order chi connectivity index (χ1) is 10.1. The van der Waals surface area contributed by atoms with E-state index in [1.807, 2.05) is 19.1 Å². The average molecular weight is 280 g/mol. The predicted octanol–water partition coefficient (Wildman–Crippen LogP) is 3.09. The monoisotopic (exact) mass is 280 g/mol. The zero-order valence-electron chi connectivity index (χ0n) is 11.2. The van der Waals surface area contributed by atoms with Crippen molar-refractivity contribution in [2.24, 2.45) is 0 Å². The van der Waals surface area contributed by atoms with Crippen LogP contribution in [0.4, 0.5) is 10.6 Å². The molecule has 0 atom stereocenters. The number of nitrogens with zero attached hydrogens (tertiary/aromatic N) is 3. The van der Waals surface area contributed by atoms with E-state index in [1.165, 1.54) is 0 Å². The lowest BCUT2D eigenvalue weighted by Crippen LogP contribution is -2.08. The van der Waals surface area contributed by atoms with E-state index in [-0.39, 0.29) is 5.82 Å². The van der Waals surface area contributed by atoms with Crippen LogP contribution in [0.1, 0.15) is 5.56 Å². The van der Waals surface area contributed by atoms with Crippen LogP contribution in [0, 0.1) is 6.92 Å². The van der Waals surface area contributed by atoms with E-state index in [1.54, 1.807) is 30.9 Å². The van der Waals surface area contributed by atoms with Crippen LogP contribution in [0.2, 0.25) is 0 Å². The maximum absolute atomic E-state index is 10.6. The van der Waals surface area contributed by atoms with Gasteiger partial charge in [-0.25, -0.2) is 9.78 Å². The molecule has 0 saturated carbocycles. The third-order valence-corrected chi connectivity index (χ3v) is 3.15. The first kappa shape index (κ1) is 13.0. The molecule has 3 rings (SSSR count). The number of hydrogen-bond acceptors (Lipinski definition) is 4. The number of nitrogens with one attached hydrogen (secondary N) is 1. The molecule has 0 aliphatic heterocycles. The highest BCUT2D eigenvalue weighted by Crippen LogP contribution is 2.24. The van der Waals surface area contributed by atoms with Crippen LogP contribution in [0.5, 0.6) is 0 Å². The van der Waals surface area contributed by atoms with Crippen molar-refractivity contribution in [2.75, 3.05) is 5.32 Å². The molecule has 0 aliphatic carbocycles. The predicted molar refractivity (Wildman–Crippen MR) is 79.2 cm³/mol. The highest BCUT2D eigenvalue weighted by atomic mass is 16.4. The van der Waals surface area contributed by atoms with Crippen molar-refractivity contribution in [3.63, 3.8) is 0 Å². The fraction of sp³-hybridized carbons (Fsp3) is 0.0667. The Morgan fingerprint density at radius 2 is 1.90 bits per heavy atom. The van der Waals surface area contributed by atoms with E-state index < -0.39 is 6.09 Å². The highest BCUT2D eigenvalue weighted by molar-refractivity contribution is 5.89. The molecule has 0 unspecified atom stereocenters. The molecule has 3 aromatic heterocycles. The summed E-state index contributed by atoms with van der Waals surface area (Å²) >= 11 is 0. The number of fused-ring (bicyclic) bond motifs is 1. The third-order valence-electron chi connectivity index (χ3n) is 3.15. The summed E-state index contributed by atoms with van der Waals surface area (Å²) in [6.45, 7) is 2.00. The molecule has 0 radical (unpaired) electrons. The maximum atomic E-state index is 10.6. The lowest BCUT2D eigenvalue weighted by Gasteiger charge is -2.06. The smallest absolute Gasteiger partial charge is 0.410 e. The first-order valence-electron chi connectivity index (χ1n) is 6.30. The maximum Gasteiger partial charge on any atom is 0.410 e. The van der Waals surface area contributed by atoms with Gasteiger partial charge in [-0.1, -0.05) is 0 Å². The molecule has 0 aromatic carbocycles. The van der Waals surface area contributed by atoms with Gasteiger partial charge in [0.05, 0.1) is 5.69 Å². The lowest BCUT2D eigenvalue weighted by molar-refractivity contribution is 0.209. The van der Waals surface area contributed by atoms with Crippen LogP contribution in [0.25, 0.3) is 22.0 Å². The Kier molecular flexibility index (Phi) is 3.19. The number of aromatic nitrogens is 3. The van der Waals surface area contributed by atoms with E-state index in [2.05, 4.69) is 20.3 Å². The Labute approximate surface area is 120 Å². The van der Waals surface area contributed by atoms with E-state index in [0.29, 0.717) is 0 Å². The molecule has 0 bridgehead atoms. The molecule has 21 heavy (non-hydrogen) atoms. The molecule has 6 nitrogen and oxygen atoms in total. The molecule has 6 heteroatoms. The normalized spacial score (nSPS) is 10.5. The zero-order chi connectivity index (χ0) is 14.8. The van der Waals surface area contributed by atoms with Gasteiger partial charge in [0, 0.05) is 41.1 Å². The van der Waals surface area contributed by atoms with Crippen LogP contribution < -0.4 is 5.32 Å². The van der Waals surface area contributed by atoms with E-state index >= 15 is 0 Å². The summed E-state index contributed by atoms with van der Waals surface area (Å²) in [6, 6.07) is 5.49. The summed E-state index contributed by atoms with van der Waals surface area (Å²) in [5.74, 6) is 0.280. The zero-order valence-corrected chi connectivity index (χ0v) is 11.2. The summed E-state index contributed by atoms with van der Waals surface area (Å²) in [5.41, 5.74) is 2.87. The van der Waals surface area contributed by atoms with Gasteiger partial charge in [0.15, 0.2) is 0 Å². The van der Waals surface area contributed by atoms with Gasteiger partial charge < -0.3 is 5.11 Å². The van der Waals surface area contributed by atoms with Crippen molar-refractivity contribution in [1.82, 2.24) is 15.0 Å². The minimum Gasteiger partial charge on any atom is -0.465 e. The summed E-state index contributed by atoms with van der Waals surface area (Å²) < 4.78 is 0. The van der Waals surface area contributed by atoms with Crippen molar-refractivity contribution >= 4 is 22.7 Å². The molecule has 104 valence electrons. The van der Waals surface area contributed by atoms with E-state index in [9.17, 15) is 4.79 Å². The van der Waals surface area contributed by atoms with Crippen LogP contribution in [0.3, 0.4) is 0 Å². The molecular formula is C15H12N4O2. The molecule has 0 fully saturated rings. The molecule has 3 aromatic rings. The van der Waals surface area contributed by atoms with Crippen molar-refractivity contribution < 1.29 is 9.90 Å². The number of anilines is 1. The summed E-state index contributed by atoms with van der Waals surface area (Å²) in [6.07, 6.45) is 5.70. The van der Waals surface area contributed by atoms with Gasteiger partial charge in [-0.15, -0.1) is 0 Å². The lowest BCUT2D eigenvalue weighted by atomic mass is 10.1. The Bertz CT molecular complexity index is 833. The van der Waals surface area contributed by atoms with Crippen LogP contribution in [0.15, 0.2) is 43.0 Å².